The third kappa shape index (κ3) is 2.41. The van der Waals surface area contributed by atoms with E-state index in [2.05, 4.69) is 21.6 Å². The Bertz CT molecular complexity index is 1290. The fraction of sp³-hybridized carbons (Fsp3) is 0.381. The Morgan fingerprint density at radius 3 is 2.70 bits per heavy atom. The molecule has 30 heavy (non-hydrogen) atoms. The van der Waals surface area contributed by atoms with Gasteiger partial charge in [0.05, 0.1) is 29.8 Å². The van der Waals surface area contributed by atoms with Gasteiger partial charge in [0.2, 0.25) is 0 Å². The highest BCUT2D eigenvalue weighted by molar-refractivity contribution is 5.72. The Morgan fingerprint density at radius 1 is 1.17 bits per heavy atom. The predicted molar refractivity (Wildman–Crippen MR) is 106 cm³/mol. The van der Waals surface area contributed by atoms with E-state index in [4.69, 9.17) is 9.72 Å². The van der Waals surface area contributed by atoms with E-state index in [1.807, 2.05) is 16.7 Å². The highest BCUT2D eigenvalue weighted by Gasteiger charge is 2.54. The molecule has 0 bridgehead atoms. The van der Waals surface area contributed by atoms with Crippen molar-refractivity contribution in [2.45, 2.75) is 19.3 Å². The highest BCUT2D eigenvalue weighted by atomic mass is 19.3. The molecule has 0 amide bonds. The van der Waals surface area contributed by atoms with Crippen LogP contribution >= 0.6 is 0 Å². The lowest BCUT2D eigenvalue weighted by Gasteiger charge is -2.08. The molecule has 3 atom stereocenters. The monoisotopic (exact) mass is 410 g/mol. The van der Waals surface area contributed by atoms with E-state index >= 15 is 0 Å². The zero-order valence-corrected chi connectivity index (χ0v) is 16.5. The molecule has 9 heteroatoms. The minimum Gasteiger partial charge on any atom is -0.493 e. The maximum Gasteiger partial charge on any atom is 0.267 e. The van der Waals surface area contributed by atoms with Gasteiger partial charge in [0.25, 0.3) is 6.43 Å². The van der Waals surface area contributed by atoms with Crippen LogP contribution in [0.2, 0.25) is 0 Å². The quantitative estimate of drug-likeness (QED) is 0.560. The van der Waals surface area contributed by atoms with Gasteiger partial charge in [0, 0.05) is 30.1 Å². The second-order valence-corrected chi connectivity index (χ2v) is 8.07. The molecule has 1 saturated carbocycles. The van der Waals surface area contributed by atoms with E-state index in [0.717, 1.165) is 30.0 Å². The molecule has 5 heterocycles. The van der Waals surface area contributed by atoms with Crippen molar-refractivity contribution in [2.75, 3.05) is 20.2 Å². The highest BCUT2D eigenvalue weighted by Crippen LogP contribution is 2.55. The zero-order valence-electron chi connectivity index (χ0n) is 16.5. The summed E-state index contributed by atoms with van der Waals surface area (Å²) in [6.45, 7) is 3.89. The van der Waals surface area contributed by atoms with Gasteiger partial charge in [-0.3, -0.25) is 0 Å². The SMILES string of the molecule is COc1cc(-c2c(C)nc3c(C(F)F)ccnn23)cn2cc(C3[C@H]4CNC[C@@H]34)nc12. The summed E-state index contributed by atoms with van der Waals surface area (Å²) in [5.74, 6) is 2.45. The van der Waals surface area contributed by atoms with Crippen LogP contribution in [0, 0.1) is 18.8 Å². The number of ether oxygens (including phenoxy) is 1. The number of nitrogens with zero attached hydrogens (tertiary/aromatic N) is 5. The van der Waals surface area contributed by atoms with Gasteiger partial charge >= 0.3 is 0 Å². The number of methoxy groups -OCH3 is 1. The summed E-state index contributed by atoms with van der Waals surface area (Å²) < 4.78 is 35.9. The Hall–Kier alpha value is -3.07. The number of fused-ring (bicyclic) bond motifs is 3. The molecule has 6 rings (SSSR count). The number of hydrogen-bond acceptors (Lipinski definition) is 5. The van der Waals surface area contributed by atoms with Crippen LogP contribution in [-0.2, 0) is 0 Å². The number of piperidine rings is 1. The van der Waals surface area contributed by atoms with Gasteiger partial charge in [-0.15, -0.1) is 0 Å². The second-order valence-electron chi connectivity index (χ2n) is 8.07. The maximum atomic E-state index is 13.4. The smallest absolute Gasteiger partial charge is 0.267 e. The summed E-state index contributed by atoms with van der Waals surface area (Å²) in [6, 6.07) is 3.18. The van der Waals surface area contributed by atoms with Gasteiger partial charge in [-0.25, -0.2) is 23.3 Å². The number of rotatable bonds is 4. The standard InChI is InChI=1S/C21H20F2N6O/c1-10-18(29-20(26-10)12(19(22)23)3-4-25-29)11-5-16(30-2)21-27-15(9-28(21)8-11)17-13-6-24-7-14(13)17/h3-5,8-9,13-14,17,19,24H,6-7H2,1-2H3/t13-,14+,17?. The lowest BCUT2D eigenvalue weighted by atomic mass is 10.1. The summed E-state index contributed by atoms with van der Waals surface area (Å²) in [6.07, 6.45) is 2.76. The van der Waals surface area contributed by atoms with Crippen molar-refractivity contribution >= 4 is 11.3 Å². The van der Waals surface area contributed by atoms with Crippen LogP contribution in [0.25, 0.3) is 22.6 Å². The molecule has 4 aromatic rings. The summed E-state index contributed by atoms with van der Waals surface area (Å²) in [7, 11) is 1.61. The normalized spacial score (nSPS) is 22.9. The minimum atomic E-state index is -2.62. The van der Waals surface area contributed by atoms with Gasteiger partial charge in [-0.1, -0.05) is 0 Å². The van der Waals surface area contributed by atoms with Crippen LogP contribution in [0.3, 0.4) is 0 Å². The molecule has 1 N–H and O–H groups in total. The summed E-state index contributed by atoms with van der Waals surface area (Å²) in [5.41, 5.74) is 3.94. The fourth-order valence-electron chi connectivity index (χ4n) is 4.96. The number of aromatic nitrogens is 5. The average molecular weight is 410 g/mol. The predicted octanol–water partition coefficient (Wildman–Crippen LogP) is 3.23. The molecule has 0 aromatic carbocycles. The second kappa shape index (κ2) is 6.21. The first-order valence-corrected chi connectivity index (χ1v) is 9.97. The Morgan fingerprint density at radius 2 is 1.97 bits per heavy atom. The van der Waals surface area contributed by atoms with E-state index in [-0.39, 0.29) is 11.2 Å². The first-order chi connectivity index (χ1) is 14.6. The fourth-order valence-corrected chi connectivity index (χ4v) is 4.96. The van der Waals surface area contributed by atoms with E-state index in [1.54, 1.807) is 14.0 Å². The van der Waals surface area contributed by atoms with Crippen molar-refractivity contribution in [3.8, 4) is 17.0 Å². The molecule has 1 aliphatic carbocycles. The third-order valence-corrected chi connectivity index (χ3v) is 6.42. The van der Waals surface area contributed by atoms with E-state index < -0.39 is 6.43 Å². The molecular formula is C21H20F2N6O. The topological polar surface area (TPSA) is 68.8 Å². The van der Waals surface area contributed by atoms with Crippen molar-refractivity contribution in [2.24, 2.45) is 11.8 Å². The molecule has 1 unspecified atom stereocenters. The van der Waals surface area contributed by atoms with Crippen LogP contribution in [0.4, 0.5) is 8.78 Å². The number of aryl methyl sites for hydroxylation is 1. The Kier molecular flexibility index (Phi) is 3.68. The van der Waals surface area contributed by atoms with Crippen LogP contribution in [-0.4, -0.2) is 44.2 Å². The van der Waals surface area contributed by atoms with Crippen molar-refractivity contribution in [3.63, 3.8) is 0 Å². The van der Waals surface area contributed by atoms with Gasteiger partial charge < -0.3 is 14.5 Å². The molecule has 154 valence electrons. The molecule has 1 saturated heterocycles. The molecule has 0 spiro atoms. The van der Waals surface area contributed by atoms with Crippen molar-refractivity contribution in [3.05, 3.63) is 47.7 Å². The number of imidazole rings is 2. The Labute approximate surface area is 170 Å². The summed E-state index contributed by atoms with van der Waals surface area (Å²) >= 11 is 0. The van der Waals surface area contributed by atoms with Crippen molar-refractivity contribution in [1.82, 2.24) is 29.3 Å². The third-order valence-electron chi connectivity index (χ3n) is 6.42. The van der Waals surface area contributed by atoms with Crippen LogP contribution in [0.15, 0.2) is 30.7 Å². The van der Waals surface area contributed by atoms with Gasteiger partial charge in [-0.2, -0.15) is 5.10 Å². The van der Waals surface area contributed by atoms with Gasteiger partial charge in [0.1, 0.15) is 0 Å². The number of pyridine rings is 1. The number of nitrogens with one attached hydrogen (secondary N) is 1. The zero-order chi connectivity index (χ0) is 20.6. The van der Waals surface area contributed by atoms with Crippen molar-refractivity contribution in [1.29, 1.82) is 0 Å². The van der Waals surface area contributed by atoms with Crippen molar-refractivity contribution < 1.29 is 13.5 Å². The molecule has 2 fully saturated rings. The number of alkyl halides is 2. The van der Waals surface area contributed by atoms with Crippen LogP contribution in [0.5, 0.6) is 5.75 Å². The molecule has 1 aliphatic heterocycles. The molecule has 4 aromatic heterocycles. The van der Waals surface area contributed by atoms with E-state index in [1.165, 1.54) is 16.8 Å². The Balaban J connectivity index is 1.52. The summed E-state index contributed by atoms with van der Waals surface area (Å²) in [4.78, 5) is 9.22. The number of hydrogen-bond donors (Lipinski definition) is 1. The van der Waals surface area contributed by atoms with E-state index in [9.17, 15) is 8.78 Å². The molecule has 0 radical (unpaired) electrons. The van der Waals surface area contributed by atoms with Crippen LogP contribution < -0.4 is 10.1 Å². The van der Waals surface area contributed by atoms with Gasteiger partial charge in [0.15, 0.2) is 17.0 Å². The lowest BCUT2D eigenvalue weighted by Crippen LogP contribution is -2.14. The molecule has 7 nitrogen and oxygen atoms in total. The summed E-state index contributed by atoms with van der Waals surface area (Å²) in [5, 5.41) is 7.70. The molecular weight excluding hydrogens is 390 g/mol. The minimum absolute atomic E-state index is 0.133. The maximum absolute atomic E-state index is 13.4. The first-order valence-electron chi connectivity index (χ1n) is 9.97. The average Bonchev–Trinajstić information content (AvgIpc) is 3.13. The first kappa shape index (κ1) is 17.8. The molecule has 2 aliphatic rings. The van der Waals surface area contributed by atoms with Crippen LogP contribution in [0.1, 0.15) is 29.3 Å². The largest absolute Gasteiger partial charge is 0.493 e. The lowest BCUT2D eigenvalue weighted by molar-refractivity contribution is 0.152. The van der Waals surface area contributed by atoms with E-state index in [0.29, 0.717) is 34.9 Å². The van der Waals surface area contributed by atoms with Gasteiger partial charge in [-0.05, 0) is 44.0 Å². The number of halogens is 2.